The molecule has 0 amide bonds. The maximum Gasteiger partial charge on any atom is 0.290 e. The van der Waals surface area contributed by atoms with Gasteiger partial charge in [-0.1, -0.05) is 26.2 Å². The smallest absolute Gasteiger partial charge is 0.290 e. The average Bonchev–Trinajstić information content (AvgIpc) is 2.59. The first-order valence-corrected chi connectivity index (χ1v) is 6.42. The maximum atomic E-state index is 12.0. The Kier molecular flexibility index (Phi) is 3.57. The van der Waals surface area contributed by atoms with Crippen molar-refractivity contribution in [3.8, 4) is 0 Å². The number of nitrogens with two attached hydrogens (primary N) is 1. The normalized spacial score (nSPS) is 25.1. The van der Waals surface area contributed by atoms with Crippen molar-refractivity contribution in [2.24, 2.45) is 0 Å². The number of H-pyrrole nitrogens is 1. The van der Waals surface area contributed by atoms with Crippen LogP contribution in [0.5, 0.6) is 0 Å². The summed E-state index contributed by atoms with van der Waals surface area (Å²) < 4.78 is 1.53. The summed E-state index contributed by atoms with van der Waals surface area (Å²) in [6, 6.07) is -0.135. The highest BCUT2D eigenvalue weighted by molar-refractivity contribution is 5.40. The molecule has 1 aliphatic rings. The minimum atomic E-state index is -0.436. The highest BCUT2D eigenvalue weighted by Gasteiger charge is 2.27. The van der Waals surface area contributed by atoms with Gasteiger partial charge in [-0.3, -0.25) is 9.89 Å². The second-order valence-corrected chi connectivity index (χ2v) is 4.85. The van der Waals surface area contributed by atoms with Gasteiger partial charge in [0.1, 0.15) is 5.69 Å². The fourth-order valence-electron chi connectivity index (χ4n) is 2.58. The van der Waals surface area contributed by atoms with Gasteiger partial charge in [-0.15, -0.1) is 0 Å². The number of anilines is 1. The molecule has 0 aliphatic heterocycles. The Labute approximate surface area is 101 Å². The SMILES string of the molecule is CCCc1[nH]n(C2CCCCC2O)c(=O)c1N. The van der Waals surface area contributed by atoms with Crippen LogP contribution >= 0.6 is 0 Å². The van der Waals surface area contributed by atoms with Crippen LogP contribution in [0.2, 0.25) is 0 Å². The maximum absolute atomic E-state index is 12.0. The summed E-state index contributed by atoms with van der Waals surface area (Å²) in [5, 5.41) is 13.0. The lowest BCUT2D eigenvalue weighted by atomic mass is 9.93. The molecule has 1 aromatic heterocycles. The van der Waals surface area contributed by atoms with Crippen molar-refractivity contribution in [3.63, 3.8) is 0 Å². The summed E-state index contributed by atoms with van der Waals surface area (Å²) in [7, 11) is 0. The number of nitrogens with one attached hydrogen (secondary N) is 1. The molecule has 1 aromatic rings. The van der Waals surface area contributed by atoms with E-state index < -0.39 is 6.10 Å². The zero-order chi connectivity index (χ0) is 12.4. The van der Waals surface area contributed by atoms with Crippen LogP contribution in [0.25, 0.3) is 0 Å². The number of aromatic nitrogens is 2. The largest absolute Gasteiger partial charge is 0.393 e. The van der Waals surface area contributed by atoms with Gasteiger partial charge in [0.2, 0.25) is 0 Å². The summed E-state index contributed by atoms with van der Waals surface area (Å²) in [5.41, 5.74) is 6.73. The molecule has 1 aliphatic carbocycles. The first-order valence-electron chi connectivity index (χ1n) is 6.42. The molecule has 0 aromatic carbocycles. The molecular formula is C12H21N3O2. The third-order valence-electron chi connectivity index (χ3n) is 3.56. The van der Waals surface area contributed by atoms with Gasteiger partial charge in [0.25, 0.3) is 5.56 Å². The minimum Gasteiger partial charge on any atom is -0.393 e. The Morgan fingerprint density at radius 2 is 2.18 bits per heavy atom. The monoisotopic (exact) mass is 239 g/mol. The van der Waals surface area contributed by atoms with Crippen LogP contribution < -0.4 is 11.3 Å². The molecule has 0 saturated heterocycles. The summed E-state index contributed by atoms with van der Waals surface area (Å²) in [6.45, 7) is 2.05. The molecule has 0 spiro atoms. The minimum absolute atomic E-state index is 0.135. The zero-order valence-corrected chi connectivity index (χ0v) is 10.3. The molecule has 2 unspecified atom stereocenters. The van der Waals surface area contributed by atoms with Crippen LogP contribution in [-0.2, 0) is 6.42 Å². The van der Waals surface area contributed by atoms with E-state index in [1.54, 1.807) is 0 Å². The molecule has 2 rings (SSSR count). The van der Waals surface area contributed by atoms with Crippen molar-refractivity contribution in [2.45, 2.75) is 57.6 Å². The second-order valence-electron chi connectivity index (χ2n) is 4.85. The predicted octanol–water partition coefficient (Wildman–Crippen LogP) is 1.19. The van der Waals surface area contributed by atoms with Gasteiger partial charge >= 0.3 is 0 Å². The molecule has 4 N–H and O–H groups in total. The first-order chi connectivity index (χ1) is 8.15. The van der Waals surface area contributed by atoms with Crippen molar-refractivity contribution in [2.75, 3.05) is 5.73 Å². The summed E-state index contributed by atoms with van der Waals surface area (Å²) in [6.07, 6.45) is 4.97. The Hall–Kier alpha value is -1.23. The third kappa shape index (κ3) is 2.24. The van der Waals surface area contributed by atoms with Crippen molar-refractivity contribution >= 4 is 5.69 Å². The zero-order valence-electron chi connectivity index (χ0n) is 10.3. The number of aryl methyl sites for hydroxylation is 1. The van der Waals surface area contributed by atoms with E-state index >= 15 is 0 Å². The number of hydrogen-bond donors (Lipinski definition) is 3. The number of hydrogen-bond acceptors (Lipinski definition) is 3. The fraction of sp³-hybridized carbons (Fsp3) is 0.750. The van der Waals surface area contributed by atoms with Crippen LogP contribution in [-0.4, -0.2) is 21.0 Å². The number of nitrogen functional groups attached to an aromatic ring is 1. The molecule has 2 atom stereocenters. The fourth-order valence-corrected chi connectivity index (χ4v) is 2.58. The van der Waals surface area contributed by atoms with Crippen molar-refractivity contribution < 1.29 is 5.11 Å². The number of aliphatic hydroxyl groups is 1. The topological polar surface area (TPSA) is 84.0 Å². The third-order valence-corrected chi connectivity index (χ3v) is 3.56. The summed E-state index contributed by atoms with van der Waals surface area (Å²) >= 11 is 0. The van der Waals surface area contributed by atoms with Gasteiger partial charge in [-0.25, -0.2) is 4.68 Å². The Morgan fingerprint density at radius 3 is 2.82 bits per heavy atom. The molecule has 0 bridgehead atoms. The van der Waals surface area contributed by atoms with E-state index in [1.807, 2.05) is 6.92 Å². The Morgan fingerprint density at radius 1 is 1.47 bits per heavy atom. The second kappa shape index (κ2) is 4.96. The molecule has 17 heavy (non-hydrogen) atoms. The van der Waals surface area contributed by atoms with Gasteiger partial charge in [-0.05, 0) is 19.3 Å². The van der Waals surface area contributed by atoms with Crippen LogP contribution in [0, 0.1) is 0 Å². The van der Waals surface area contributed by atoms with Gasteiger partial charge < -0.3 is 10.8 Å². The molecular weight excluding hydrogens is 218 g/mol. The van der Waals surface area contributed by atoms with Crippen molar-refractivity contribution in [1.29, 1.82) is 0 Å². The van der Waals surface area contributed by atoms with Gasteiger partial charge in [-0.2, -0.15) is 0 Å². The first kappa shape index (κ1) is 12.2. The summed E-state index contributed by atoms with van der Waals surface area (Å²) in [4.78, 5) is 12.0. The molecule has 0 radical (unpaired) electrons. The summed E-state index contributed by atoms with van der Waals surface area (Å²) in [5.74, 6) is 0. The molecule has 1 saturated carbocycles. The van der Waals surface area contributed by atoms with E-state index in [0.717, 1.165) is 44.2 Å². The van der Waals surface area contributed by atoms with Crippen molar-refractivity contribution in [3.05, 3.63) is 16.0 Å². The highest BCUT2D eigenvalue weighted by Crippen LogP contribution is 2.27. The molecule has 1 heterocycles. The Balaban J connectivity index is 2.31. The molecule has 5 nitrogen and oxygen atoms in total. The van der Waals surface area contributed by atoms with Crippen molar-refractivity contribution in [1.82, 2.24) is 9.78 Å². The van der Waals surface area contributed by atoms with Gasteiger partial charge in [0.15, 0.2) is 0 Å². The highest BCUT2D eigenvalue weighted by atomic mass is 16.3. The van der Waals surface area contributed by atoms with E-state index in [9.17, 15) is 9.90 Å². The van der Waals surface area contributed by atoms with Crippen LogP contribution in [0.1, 0.15) is 50.8 Å². The van der Waals surface area contributed by atoms with E-state index in [1.165, 1.54) is 4.68 Å². The van der Waals surface area contributed by atoms with Crippen LogP contribution in [0.15, 0.2) is 4.79 Å². The molecule has 1 fully saturated rings. The predicted molar refractivity (Wildman–Crippen MR) is 67.0 cm³/mol. The lowest BCUT2D eigenvalue weighted by molar-refractivity contribution is 0.0677. The van der Waals surface area contributed by atoms with Crippen LogP contribution in [0.4, 0.5) is 5.69 Å². The van der Waals surface area contributed by atoms with E-state index in [2.05, 4.69) is 5.10 Å². The number of aliphatic hydroxyl groups excluding tert-OH is 1. The Bertz CT molecular complexity index is 435. The average molecular weight is 239 g/mol. The number of rotatable bonds is 3. The lowest BCUT2D eigenvalue weighted by Crippen LogP contribution is -2.34. The van der Waals surface area contributed by atoms with Gasteiger partial charge in [0, 0.05) is 0 Å². The standard InChI is InChI=1S/C12H21N3O2/c1-2-5-8-11(13)12(17)15(14-8)9-6-3-4-7-10(9)16/h9-10,14,16H,2-7,13H2,1H3. The molecule has 5 heteroatoms. The van der Waals surface area contributed by atoms with E-state index in [-0.39, 0.29) is 11.6 Å². The lowest BCUT2D eigenvalue weighted by Gasteiger charge is -2.27. The van der Waals surface area contributed by atoms with E-state index in [4.69, 9.17) is 5.73 Å². The number of aromatic amines is 1. The molecule has 96 valence electrons. The van der Waals surface area contributed by atoms with Crippen LogP contribution in [0.3, 0.4) is 0 Å². The number of nitrogens with zero attached hydrogens (tertiary/aromatic N) is 1. The van der Waals surface area contributed by atoms with Gasteiger partial charge in [0.05, 0.1) is 17.8 Å². The quantitative estimate of drug-likeness (QED) is 0.740. The van der Waals surface area contributed by atoms with E-state index in [0.29, 0.717) is 5.69 Å².